The molecule has 0 atom stereocenters. The van der Waals surface area contributed by atoms with Gasteiger partial charge in [-0.2, -0.15) is 0 Å². The van der Waals surface area contributed by atoms with Crippen LogP contribution in [-0.2, 0) is 4.79 Å². The third-order valence-electron chi connectivity index (χ3n) is 1.82. The van der Waals surface area contributed by atoms with E-state index in [1.54, 1.807) is 6.92 Å². The van der Waals surface area contributed by atoms with Gasteiger partial charge in [0.15, 0.2) is 23.7 Å². The third kappa shape index (κ3) is 3.00. The fraction of sp³-hybridized carbons (Fsp3) is 0.182. The summed E-state index contributed by atoms with van der Waals surface area (Å²) >= 11 is 5.84. The number of carboxylic acids is 1. The van der Waals surface area contributed by atoms with Crippen molar-refractivity contribution in [3.05, 3.63) is 29.0 Å². The molecule has 0 saturated heterocycles. The smallest absolute Gasteiger partial charge is 0.337 e. The Morgan fingerprint density at radius 1 is 1.59 bits per heavy atom. The first-order chi connectivity index (χ1) is 8.11. The minimum absolute atomic E-state index is 0.0169. The molecule has 5 nitrogen and oxygen atoms in total. The standard InChI is InChI=1S/C11H9ClO5/c1-2-16-8-4-3-7(11(14)15)9(12)10(8)17-6-5-13/h3-4,6H,2H2,1H3,(H,14,15). The van der Waals surface area contributed by atoms with Gasteiger partial charge in [-0.3, -0.25) is 0 Å². The number of rotatable bonds is 5. The maximum Gasteiger partial charge on any atom is 0.337 e. The Morgan fingerprint density at radius 3 is 2.82 bits per heavy atom. The van der Waals surface area contributed by atoms with E-state index in [-0.39, 0.29) is 22.1 Å². The number of carbonyl (C=O) groups is 1. The first kappa shape index (κ1) is 13.1. The van der Waals surface area contributed by atoms with Crippen molar-refractivity contribution < 1.29 is 24.2 Å². The largest absolute Gasteiger partial charge is 0.490 e. The van der Waals surface area contributed by atoms with Crippen molar-refractivity contribution in [3.63, 3.8) is 0 Å². The van der Waals surface area contributed by atoms with Gasteiger partial charge in [0.25, 0.3) is 0 Å². The van der Waals surface area contributed by atoms with Gasteiger partial charge in [-0.25, -0.2) is 9.59 Å². The van der Waals surface area contributed by atoms with Gasteiger partial charge >= 0.3 is 5.97 Å². The lowest BCUT2D eigenvalue weighted by Gasteiger charge is -2.11. The zero-order valence-electron chi connectivity index (χ0n) is 8.90. The van der Waals surface area contributed by atoms with Gasteiger partial charge in [0.2, 0.25) is 0 Å². The number of carbonyl (C=O) groups excluding carboxylic acids is 1. The molecule has 0 aliphatic carbocycles. The molecule has 17 heavy (non-hydrogen) atoms. The van der Waals surface area contributed by atoms with Crippen molar-refractivity contribution in [1.29, 1.82) is 0 Å². The van der Waals surface area contributed by atoms with E-state index >= 15 is 0 Å². The predicted octanol–water partition coefficient (Wildman–Crippen LogP) is 2.16. The molecule has 90 valence electrons. The van der Waals surface area contributed by atoms with Crippen molar-refractivity contribution in [1.82, 2.24) is 0 Å². The highest BCUT2D eigenvalue weighted by atomic mass is 35.5. The molecule has 0 aliphatic rings. The van der Waals surface area contributed by atoms with Crippen LogP contribution in [0, 0.1) is 0 Å². The normalized spacial score (nSPS) is 9.29. The first-order valence-electron chi connectivity index (χ1n) is 4.66. The predicted molar refractivity (Wildman–Crippen MR) is 60.5 cm³/mol. The monoisotopic (exact) mass is 256 g/mol. The molecule has 0 fully saturated rings. The van der Waals surface area contributed by atoms with Crippen LogP contribution >= 0.6 is 11.6 Å². The van der Waals surface area contributed by atoms with Gasteiger partial charge in [0.05, 0.1) is 12.2 Å². The number of aromatic carboxylic acids is 1. The summed E-state index contributed by atoms with van der Waals surface area (Å²) in [6.07, 6.45) is 0.732. The highest BCUT2D eigenvalue weighted by Crippen LogP contribution is 2.37. The van der Waals surface area contributed by atoms with Crippen LogP contribution in [0.4, 0.5) is 0 Å². The molecule has 1 aromatic rings. The van der Waals surface area contributed by atoms with Crippen molar-refractivity contribution in [2.24, 2.45) is 0 Å². The third-order valence-corrected chi connectivity index (χ3v) is 2.19. The minimum atomic E-state index is -1.20. The molecule has 1 aromatic carbocycles. The highest BCUT2D eigenvalue weighted by molar-refractivity contribution is 6.35. The minimum Gasteiger partial charge on any atom is -0.490 e. The van der Waals surface area contributed by atoms with Gasteiger partial charge in [0.1, 0.15) is 5.02 Å². The maximum atomic E-state index is 10.8. The number of hydrogen-bond acceptors (Lipinski definition) is 4. The summed E-state index contributed by atoms with van der Waals surface area (Å²) in [5.74, 6) is 0.448. The van der Waals surface area contributed by atoms with E-state index in [0.717, 1.165) is 6.26 Å². The van der Waals surface area contributed by atoms with Crippen LogP contribution in [0.25, 0.3) is 0 Å². The second kappa shape index (κ2) is 5.94. The number of hydrogen-bond donors (Lipinski definition) is 1. The summed E-state index contributed by atoms with van der Waals surface area (Å²) in [7, 11) is 0. The van der Waals surface area contributed by atoms with Gasteiger partial charge in [0, 0.05) is 0 Å². The van der Waals surface area contributed by atoms with Gasteiger partial charge in [-0.05, 0) is 19.1 Å². The Labute approximate surface area is 102 Å². The van der Waals surface area contributed by atoms with E-state index < -0.39 is 5.97 Å². The average molecular weight is 257 g/mol. The second-order valence-electron chi connectivity index (χ2n) is 2.85. The van der Waals surface area contributed by atoms with Crippen LogP contribution in [0.3, 0.4) is 0 Å². The van der Waals surface area contributed by atoms with Crippen LogP contribution in [0.5, 0.6) is 11.5 Å². The average Bonchev–Trinajstić information content (AvgIpc) is 2.28. The van der Waals surface area contributed by atoms with Crippen LogP contribution < -0.4 is 9.47 Å². The van der Waals surface area contributed by atoms with Crippen molar-refractivity contribution in [2.75, 3.05) is 6.61 Å². The van der Waals surface area contributed by atoms with E-state index in [0.29, 0.717) is 6.61 Å². The molecule has 0 spiro atoms. The first-order valence-corrected chi connectivity index (χ1v) is 5.04. The van der Waals surface area contributed by atoms with Crippen molar-refractivity contribution in [3.8, 4) is 11.5 Å². The van der Waals surface area contributed by atoms with E-state index in [2.05, 4.69) is 0 Å². The number of ether oxygens (including phenoxy) is 2. The summed E-state index contributed by atoms with van der Waals surface area (Å²) in [6.45, 7) is 2.10. The molecule has 0 unspecified atom stereocenters. The second-order valence-corrected chi connectivity index (χ2v) is 3.22. The molecule has 1 rings (SSSR count). The Kier molecular flexibility index (Phi) is 4.57. The molecule has 0 bridgehead atoms. The zero-order valence-corrected chi connectivity index (χ0v) is 9.65. The molecule has 0 aliphatic heterocycles. The van der Waals surface area contributed by atoms with Crippen molar-refractivity contribution in [2.45, 2.75) is 6.92 Å². The highest BCUT2D eigenvalue weighted by Gasteiger charge is 2.18. The van der Waals surface area contributed by atoms with Gasteiger partial charge in [-0.1, -0.05) is 11.6 Å². The Hall–Kier alpha value is -1.97. The Balaban J connectivity index is 3.29. The van der Waals surface area contributed by atoms with Gasteiger partial charge in [-0.15, -0.1) is 0 Å². The Bertz CT molecular complexity index is 477. The number of halogens is 1. The van der Waals surface area contributed by atoms with E-state index in [1.165, 1.54) is 18.1 Å². The molecule has 0 saturated carbocycles. The maximum absolute atomic E-state index is 10.8. The van der Waals surface area contributed by atoms with Crippen LogP contribution in [0.2, 0.25) is 5.02 Å². The molecule has 0 heterocycles. The number of carboxylic acid groups (broad SMARTS) is 1. The lowest BCUT2D eigenvalue weighted by molar-refractivity contribution is 0.0696. The molecular weight excluding hydrogens is 248 g/mol. The van der Waals surface area contributed by atoms with Crippen molar-refractivity contribution >= 4 is 23.5 Å². The van der Waals surface area contributed by atoms with E-state index in [4.69, 9.17) is 26.2 Å². The summed E-state index contributed by atoms with van der Waals surface area (Å²) in [5, 5.41) is 8.74. The van der Waals surface area contributed by atoms with E-state index in [9.17, 15) is 9.59 Å². The summed E-state index contributed by atoms with van der Waals surface area (Å²) in [5.41, 5.74) is -0.135. The SMILES string of the molecule is CCOc1ccc(C(=O)O)c(Cl)c1OC=C=O. The topological polar surface area (TPSA) is 72.8 Å². The van der Waals surface area contributed by atoms with Crippen LogP contribution in [-0.4, -0.2) is 23.6 Å². The molecule has 0 aromatic heterocycles. The summed E-state index contributed by atoms with van der Waals surface area (Å²) in [4.78, 5) is 20.9. The van der Waals surface area contributed by atoms with Gasteiger partial charge < -0.3 is 14.6 Å². The van der Waals surface area contributed by atoms with E-state index in [1.807, 2.05) is 0 Å². The lowest BCUT2D eigenvalue weighted by atomic mass is 10.2. The Morgan fingerprint density at radius 2 is 2.29 bits per heavy atom. The summed E-state index contributed by atoms with van der Waals surface area (Å²) in [6, 6.07) is 2.71. The van der Waals surface area contributed by atoms with Crippen LogP contribution in [0.1, 0.15) is 17.3 Å². The zero-order chi connectivity index (χ0) is 12.8. The molecule has 0 radical (unpaired) electrons. The van der Waals surface area contributed by atoms with Crippen LogP contribution in [0.15, 0.2) is 18.4 Å². The fourth-order valence-corrected chi connectivity index (χ4v) is 1.45. The molecule has 0 amide bonds. The molecule has 1 N–H and O–H groups in total. The molecule has 6 heteroatoms. The summed E-state index contributed by atoms with van der Waals surface area (Å²) < 4.78 is 10.1. The lowest BCUT2D eigenvalue weighted by Crippen LogP contribution is -2.01. The fourth-order valence-electron chi connectivity index (χ4n) is 1.17. The number of benzene rings is 1. The quantitative estimate of drug-likeness (QED) is 0.646. The molecular formula is C11H9ClO5.